The predicted molar refractivity (Wildman–Crippen MR) is 75.4 cm³/mol. The van der Waals surface area contributed by atoms with Gasteiger partial charge in [0.1, 0.15) is 0 Å². The number of nitrogens with one attached hydrogen (secondary N) is 1. The zero-order chi connectivity index (χ0) is 14.8. The van der Waals surface area contributed by atoms with Gasteiger partial charge in [0, 0.05) is 25.2 Å². The van der Waals surface area contributed by atoms with E-state index in [1.807, 2.05) is 0 Å². The zero-order valence-electron chi connectivity index (χ0n) is 11.9. The van der Waals surface area contributed by atoms with Crippen molar-refractivity contribution in [3.05, 3.63) is 24.3 Å². The summed E-state index contributed by atoms with van der Waals surface area (Å²) in [5.41, 5.74) is -0.0565. The van der Waals surface area contributed by atoms with Gasteiger partial charge in [-0.05, 0) is 18.2 Å². The van der Waals surface area contributed by atoms with E-state index in [9.17, 15) is 13.2 Å². The Bertz CT molecular complexity index is 572. The molecule has 0 aliphatic carbocycles. The first kappa shape index (κ1) is 15.7. The Morgan fingerprint density at radius 3 is 2.26 bits per heavy atom. The number of nitrogens with zero attached hydrogens (tertiary/aromatic N) is 1. The fraction of sp³-hybridized carbons (Fsp3) is 0.462. The van der Waals surface area contributed by atoms with Crippen LogP contribution in [-0.4, -0.2) is 32.7 Å². The van der Waals surface area contributed by atoms with Crippen LogP contribution in [0, 0.1) is 5.41 Å². The van der Waals surface area contributed by atoms with Crippen LogP contribution in [0.15, 0.2) is 29.2 Å². The first-order valence-electron chi connectivity index (χ1n) is 5.89. The minimum Gasteiger partial charge on any atom is -0.326 e. The molecule has 0 atom stereocenters. The third-order valence-electron chi connectivity index (χ3n) is 2.55. The number of hydrogen-bond acceptors (Lipinski definition) is 3. The normalized spacial score (nSPS) is 12.5. The smallest absolute Gasteiger partial charge is 0.242 e. The second-order valence-corrected chi connectivity index (χ2v) is 7.67. The summed E-state index contributed by atoms with van der Waals surface area (Å²) in [5.74, 6) is -0.160. The van der Waals surface area contributed by atoms with Gasteiger partial charge >= 0.3 is 0 Å². The maximum absolute atomic E-state index is 12.0. The molecule has 0 aromatic heterocycles. The lowest BCUT2D eigenvalue weighted by atomic mass is 9.95. The van der Waals surface area contributed by atoms with Crippen molar-refractivity contribution in [1.82, 2.24) is 4.31 Å². The van der Waals surface area contributed by atoms with Crippen molar-refractivity contribution in [2.45, 2.75) is 25.7 Å². The molecule has 1 aromatic carbocycles. The van der Waals surface area contributed by atoms with Gasteiger partial charge in [0.25, 0.3) is 0 Å². The number of sulfonamides is 1. The van der Waals surface area contributed by atoms with Crippen LogP contribution in [0.4, 0.5) is 5.69 Å². The number of rotatable bonds is 3. The van der Waals surface area contributed by atoms with E-state index < -0.39 is 15.4 Å². The zero-order valence-corrected chi connectivity index (χ0v) is 12.7. The Labute approximate surface area is 114 Å². The molecule has 0 unspecified atom stereocenters. The molecular weight excluding hydrogens is 264 g/mol. The lowest BCUT2D eigenvalue weighted by Gasteiger charge is -2.18. The van der Waals surface area contributed by atoms with E-state index in [-0.39, 0.29) is 10.8 Å². The summed E-state index contributed by atoms with van der Waals surface area (Å²) >= 11 is 0. The van der Waals surface area contributed by atoms with Gasteiger partial charge in [-0.25, -0.2) is 12.7 Å². The van der Waals surface area contributed by atoms with E-state index in [0.717, 1.165) is 4.31 Å². The van der Waals surface area contributed by atoms with Crippen LogP contribution >= 0.6 is 0 Å². The lowest BCUT2D eigenvalue weighted by molar-refractivity contribution is -0.123. The van der Waals surface area contributed by atoms with Crippen molar-refractivity contribution in [3.8, 4) is 0 Å². The molecule has 0 radical (unpaired) electrons. The summed E-state index contributed by atoms with van der Waals surface area (Å²) in [5, 5.41) is 2.71. The van der Waals surface area contributed by atoms with Gasteiger partial charge in [-0.1, -0.05) is 26.8 Å². The van der Waals surface area contributed by atoms with Crippen LogP contribution in [-0.2, 0) is 14.8 Å². The molecule has 19 heavy (non-hydrogen) atoms. The molecule has 0 bridgehead atoms. The molecule has 1 amide bonds. The van der Waals surface area contributed by atoms with Crippen molar-refractivity contribution in [2.24, 2.45) is 5.41 Å². The third-order valence-corrected chi connectivity index (χ3v) is 4.36. The van der Waals surface area contributed by atoms with Crippen LogP contribution in [0.2, 0.25) is 0 Å². The molecular formula is C13H20N2O3S. The highest BCUT2D eigenvalue weighted by Gasteiger charge is 2.22. The summed E-state index contributed by atoms with van der Waals surface area (Å²) in [6, 6.07) is 6.23. The van der Waals surface area contributed by atoms with Crippen molar-refractivity contribution in [3.63, 3.8) is 0 Å². The van der Waals surface area contributed by atoms with Gasteiger partial charge in [-0.15, -0.1) is 0 Å². The fourth-order valence-electron chi connectivity index (χ4n) is 1.26. The SMILES string of the molecule is CN(C)S(=O)(=O)c1cccc(NC(=O)C(C)(C)C)c1. The van der Waals surface area contributed by atoms with Crippen LogP contribution in [0.1, 0.15) is 20.8 Å². The summed E-state index contributed by atoms with van der Waals surface area (Å²) in [6.45, 7) is 5.38. The van der Waals surface area contributed by atoms with Gasteiger partial charge in [-0.3, -0.25) is 4.79 Å². The molecule has 0 saturated heterocycles. The first-order valence-corrected chi connectivity index (χ1v) is 7.33. The Balaban J connectivity index is 3.06. The average molecular weight is 284 g/mol. The monoisotopic (exact) mass is 284 g/mol. The van der Waals surface area contributed by atoms with Crippen LogP contribution < -0.4 is 5.32 Å². The van der Waals surface area contributed by atoms with Crippen molar-refractivity contribution >= 4 is 21.6 Å². The maximum Gasteiger partial charge on any atom is 0.242 e. The van der Waals surface area contributed by atoms with Crippen LogP contribution in [0.5, 0.6) is 0 Å². The van der Waals surface area contributed by atoms with Crippen molar-refractivity contribution in [2.75, 3.05) is 19.4 Å². The maximum atomic E-state index is 12.0. The van der Waals surface area contributed by atoms with E-state index in [2.05, 4.69) is 5.32 Å². The van der Waals surface area contributed by atoms with E-state index in [0.29, 0.717) is 5.69 Å². The predicted octanol–water partition coefficient (Wildman–Crippen LogP) is 1.92. The second kappa shape index (κ2) is 5.30. The molecule has 106 valence electrons. The summed E-state index contributed by atoms with van der Waals surface area (Å²) in [4.78, 5) is 12.0. The van der Waals surface area contributed by atoms with Crippen LogP contribution in [0.25, 0.3) is 0 Å². The van der Waals surface area contributed by atoms with Gasteiger partial charge < -0.3 is 5.32 Å². The standard InChI is InChI=1S/C13H20N2O3S/c1-13(2,3)12(16)14-10-7-6-8-11(9-10)19(17,18)15(4)5/h6-9H,1-5H3,(H,14,16). The Morgan fingerprint density at radius 1 is 1.21 bits per heavy atom. The molecule has 0 fully saturated rings. The van der Waals surface area contributed by atoms with Gasteiger partial charge in [-0.2, -0.15) is 0 Å². The minimum atomic E-state index is -3.49. The second-order valence-electron chi connectivity index (χ2n) is 5.52. The molecule has 5 nitrogen and oxygen atoms in total. The number of anilines is 1. The van der Waals surface area contributed by atoms with Gasteiger partial charge in [0.2, 0.25) is 15.9 Å². The van der Waals surface area contributed by atoms with E-state index in [4.69, 9.17) is 0 Å². The number of hydrogen-bond donors (Lipinski definition) is 1. The highest BCUT2D eigenvalue weighted by atomic mass is 32.2. The Hall–Kier alpha value is -1.40. The Morgan fingerprint density at radius 2 is 1.79 bits per heavy atom. The Kier molecular flexibility index (Phi) is 4.37. The molecule has 1 rings (SSSR count). The minimum absolute atomic E-state index is 0.157. The highest BCUT2D eigenvalue weighted by Crippen LogP contribution is 2.21. The van der Waals surface area contributed by atoms with Crippen molar-refractivity contribution in [1.29, 1.82) is 0 Å². The largest absolute Gasteiger partial charge is 0.326 e. The van der Waals surface area contributed by atoms with E-state index in [1.54, 1.807) is 32.9 Å². The molecule has 0 spiro atoms. The molecule has 0 saturated carbocycles. The van der Waals surface area contributed by atoms with Gasteiger partial charge in [0.15, 0.2) is 0 Å². The summed E-state index contributed by atoms with van der Waals surface area (Å²) in [6.07, 6.45) is 0. The highest BCUT2D eigenvalue weighted by molar-refractivity contribution is 7.89. The first-order chi connectivity index (χ1) is 8.55. The molecule has 0 aliphatic rings. The fourth-order valence-corrected chi connectivity index (χ4v) is 2.21. The number of benzene rings is 1. The van der Waals surface area contributed by atoms with Crippen molar-refractivity contribution < 1.29 is 13.2 Å². The number of carbonyl (C=O) groups excluding carboxylic acids is 1. The number of carbonyl (C=O) groups is 1. The summed E-state index contributed by atoms with van der Waals surface area (Å²) in [7, 11) is -0.553. The van der Waals surface area contributed by atoms with Crippen LogP contribution in [0.3, 0.4) is 0 Å². The average Bonchev–Trinajstić information content (AvgIpc) is 2.27. The summed E-state index contributed by atoms with van der Waals surface area (Å²) < 4.78 is 25.1. The lowest BCUT2D eigenvalue weighted by Crippen LogP contribution is -2.28. The quantitative estimate of drug-likeness (QED) is 0.922. The third kappa shape index (κ3) is 3.78. The van der Waals surface area contributed by atoms with Gasteiger partial charge in [0.05, 0.1) is 4.90 Å². The van der Waals surface area contributed by atoms with E-state index >= 15 is 0 Å². The molecule has 0 aliphatic heterocycles. The molecule has 0 heterocycles. The molecule has 6 heteroatoms. The molecule has 1 aromatic rings. The topological polar surface area (TPSA) is 66.5 Å². The van der Waals surface area contributed by atoms with E-state index in [1.165, 1.54) is 26.2 Å². The number of amides is 1. The molecule has 1 N–H and O–H groups in total.